The Morgan fingerprint density at radius 1 is 1.57 bits per heavy atom. The maximum absolute atomic E-state index is 11.1. The van der Waals surface area contributed by atoms with E-state index in [9.17, 15) is 9.90 Å². The SMILES string of the molecule is COCC(O)CN(C)C(=O)OCCO. The molecule has 6 heteroatoms. The highest BCUT2D eigenvalue weighted by Crippen LogP contribution is 1.94. The normalized spacial score (nSPS) is 12.3. The van der Waals surface area contributed by atoms with Gasteiger partial charge in [-0.2, -0.15) is 0 Å². The predicted octanol–water partition coefficient (Wildman–Crippen LogP) is -0.946. The molecule has 84 valence electrons. The van der Waals surface area contributed by atoms with E-state index in [1.807, 2.05) is 0 Å². The summed E-state index contributed by atoms with van der Waals surface area (Å²) in [6.45, 7) is 0.0550. The number of carbonyl (C=O) groups excluding carboxylic acids is 1. The van der Waals surface area contributed by atoms with Gasteiger partial charge in [0, 0.05) is 14.2 Å². The third-order valence-electron chi connectivity index (χ3n) is 1.47. The number of aliphatic hydroxyl groups excluding tert-OH is 2. The van der Waals surface area contributed by atoms with Crippen molar-refractivity contribution in [1.82, 2.24) is 4.90 Å². The van der Waals surface area contributed by atoms with Crippen LogP contribution in [0, 0.1) is 0 Å². The summed E-state index contributed by atoms with van der Waals surface area (Å²) in [5.74, 6) is 0. The fourth-order valence-electron chi connectivity index (χ4n) is 0.879. The van der Waals surface area contributed by atoms with E-state index in [1.165, 1.54) is 19.1 Å². The molecule has 0 aliphatic rings. The predicted molar refractivity (Wildman–Crippen MR) is 48.9 cm³/mol. The molecule has 0 aromatic rings. The Hall–Kier alpha value is -0.850. The summed E-state index contributed by atoms with van der Waals surface area (Å²) in [5.41, 5.74) is 0. The zero-order chi connectivity index (χ0) is 11.0. The molecule has 0 aromatic carbocycles. The van der Waals surface area contributed by atoms with Gasteiger partial charge in [-0.1, -0.05) is 0 Å². The smallest absolute Gasteiger partial charge is 0.409 e. The van der Waals surface area contributed by atoms with E-state index in [4.69, 9.17) is 9.84 Å². The van der Waals surface area contributed by atoms with E-state index in [-0.39, 0.29) is 26.4 Å². The van der Waals surface area contributed by atoms with Crippen molar-refractivity contribution in [2.24, 2.45) is 0 Å². The van der Waals surface area contributed by atoms with Crippen molar-refractivity contribution in [2.75, 3.05) is 40.5 Å². The fourth-order valence-corrected chi connectivity index (χ4v) is 0.879. The molecule has 2 N–H and O–H groups in total. The molecule has 0 radical (unpaired) electrons. The van der Waals surface area contributed by atoms with Crippen LogP contribution >= 0.6 is 0 Å². The molecule has 0 aromatic heterocycles. The van der Waals surface area contributed by atoms with Crippen LogP contribution in [0.1, 0.15) is 0 Å². The van der Waals surface area contributed by atoms with E-state index in [0.29, 0.717) is 0 Å². The van der Waals surface area contributed by atoms with Crippen LogP contribution in [0.3, 0.4) is 0 Å². The van der Waals surface area contributed by atoms with Gasteiger partial charge in [0.05, 0.1) is 25.9 Å². The van der Waals surface area contributed by atoms with Crippen molar-refractivity contribution in [3.63, 3.8) is 0 Å². The number of aliphatic hydroxyl groups is 2. The molecule has 0 spiro atoms. The minimum Gasteiger partial charge on any atom is -0.447 e. The van der Waals surface area contributed by atoms with Crippen LogP contribution in [-0.4, -0.2) is 67.8 Å². The van der Waals surface area contributed by atoms with Gasteiger partial charge in [0.1, 0.15) is 6.61 Å². The minimum absolute atomic E-state index is 0.0381. The van der Waals surface area contributed by atoms with Crippen LogP contribution in [0.25, 0.3) is 0 Å². The van der Waals surface area contributed by atoms with Crippen LogP contribution < -0.4 is 0 Å². The second-order valence-electron chi connectivity index (χ2n) is 2.83. The molecule has 14 heavy (non-hydrogen) atoms. The van der Waals surface area contributed by atoms with Gasteiger partial charge in [-0.15, -0.1) is 0 Å². The quantitative estimate of drug-likeness (QED) is 0.587. The molecule has 0 fully saturated rings. The van der Waals surface area contributed by atoms with Crippen LogP contribution in [-0.2, 0) is 9.47 Å². The number of nitrogens with zero attached hydrogens (tertiary/aromatic N) is 1. The molecule has 0 saturated carbocycles. The Labute approximate surface area is 83.0 Å². The molecule has 0 aliphatic carbocycles. The highest BCUT2D eigenvalue weighted by atomic mass is 16.6. The maximum atomic E-state index is 11.1. The van der Waals surface area contributed by atoms with Gasteiger partial charge < -0.3 is 24.6 Å². The Morgan fingerprint density at radius 3 is 2.71 bits per heavy atom. The molecule has 1 amide bonds. The first-order chi connectivity index (χ1) is 6.61. The van der Waals surface area contributed by atoms with Gasteiger partial charge in [0.2, 0.25) is 0 Å². The van der Waals surface area contributed by atoms with E-state index >= 15 is 0 Å². The van der Waals surface area contributed by atoms with Gasteiger partial charge in [-0.25, -0.2) is 4.79 Å². The third kappa shape index (κ3) is 5.74. The molecular formula is C8H17NO5. The highest BCUT2D eigenvalue weighted by Gasteiger charge is 2.14. The number of carbonyl (C=O) groups is 1. The monoisotopic (exact) mass is 207 g/mol. The zero-order valence-corrected chi connectivity index (χ0v) is 8.47. The zero-order valence-electron chi connectivity index (χ0n) is 8.47. The van der Waals surface area contributed by atoms with E-state index in [1.54, 1.807) is 0 Å². The van der Waals surface area contributed by atoms with Crippen LogP contribution in [0.2, 0.25) is 0 Å². The lowest BCUT2D eigenvalue weighted by Gasteiger charge is -2.19. The second kappa shape index (κ2) is 7.54. The van der Waals surface area contributed by atoms with Crippen molar-refractivity contribution in [3.8, 4) is 0 Å². The van der Waals surface area contributed by atoms with Gasteiger partial charge >= 0.3 is 6.09 Å². The first-order valence-electron chi connectivity index (χ1n) is 4.27. The summed E-state index contributed by atoms with van der Waals surface area (Å²) < 4.78 is 9.31. The molecule has 1 unspecified atom stereocenters. The maximum Gasteiger partial charge on any atom is 0.409 e. The highest BCUT2D eigenvalue weighted by molar-refractivity contribution is 5.67. The van der Waals surface area contributed by atoms with Gasteiger partial charge in [0.25, 0.3) is 0 Å². The lowest BCUT2D eigenvalue weighted by atomic mass is 10.3. The standard InChI is InChI=1S/C8H17NO5/c1-9(5-7(11)6-13-2)8(12)14-4-3-10/h7,10-11H,3-6H2,1-2H3. The van der Waals surface area contributed by atoms with Crippen molar-refractivity contribution in [1.29, 1.82) is 0 Å². The largest absolute Gasteiger partial charge is 0.447 e. The first-order valence-corrected chi connectivity index (χ1v) is 4.27. The number of likely N-dealkylation sites (N-methyl/N-ethyl adjacent to an activating group) is 1. The summed E-state index contributed by atoms with van der Waals surface area (Å²) in [7, 11) is 2.96. The average molecular weight is 207 g/mol. The number of amides is 1. The van der Waals surface area contributed by atoms with Crippen LogP contribution in [0.15, 0.2) is 0 Å². The van der Waals surface area contributed by atoms with Crippen molar-refractivity contribution >= 4 is 6.09 Å². The molecule has 0 rings (SSSR count). The van der Waals surface area contributed by atoms with Crippen LogP contribution in [0.4, 0.5) is 4.79 Å². The Bertz CT molecular complexity index is 164. The fraction of sp³-hybridized carbons (Fsp3) is 0.875. The van der Waals surface area contributed by atoms with Gasteiger partial charge in [-0.05, 0) is 0 Å². The summed E-state index contributed by atoms with van der Waals surface area (Å²) in [5, 5.41) is 17.7. The molecule has 0 bridgehead atoms. The molecule has 0 aliphatic heterocycles. The molecule has 1 atom stereocenters. The molecular weight excluding hydrogens is 190 g/mol. The van der Waals surface area contributed by atoms with Crippen molar-refractivity contribution in [3.05, 3.63) is 0 Å². The van der Waals surface area contributed by atoms with E-state index < -0.39 is 12.2 Å². The molecule has 0 heterocycles. The Kier molecular flexibility index (Phi) is 7.09. The Morgan fingerprint density at radius 2 is 2.21 bits per heavy atom. The van der Waals surface area contributed by atoms with Gasteiger partial charge in [0.15, 0.2) is 0 Å². The van der Waals surface area contributed by atoms with Crippen molar-refractivity contribution in [2.45, 2.75) is 6.10 Å². The number of ether oxygens (including phenoxy) is 2. The number of hydrogen-bond donors (Lipinski definition) is 2. The molecule has 0 saturated heterocycles. The third-order valence-corrected chi connectivity index (χ3v) is 1.47. The van der Waals surface area contributed by atoms with E-state index in [0.717, 1.165) is 0 Å². The topological polar surface area (TPSA) is 79.2 Å². The lowest BCUT2D eigenvalue weighted by Crippen LogP contribution is -2.36. The first kappa shape index (κ1) is 13.2. The number of hydrogen-bond acceptors (Lipinski definition) is 5. The van der Waals surface area contributed by atoms with E-state index in [2.05, 4.69) is 4.74 Å². The van der Waals surface area contributed by atoms with Gasteiger partial charge in [-0.3, -0.25) is 0 Å². The molecule has 6 nitrogen and oxygen atoms in total. The van der Waals surface area contributed by atoms with Crippen LogP contribution in [0.5, 0.6) is 0 Å². The summed E-state index contributed by atoms with van der Waals surface area (Å²) >= 11 is 0. The second-order valence-corrected chi connectivity index (χ2v) is 2.83. The summed E-state index contributed by atoms with van der Waals surface area (Å²) in [6.07, 6.45) is -1.30. The minimum atomic E-state index is -0.730. The van der Waals surface area contributed by atoms with Crippen molar-refractivity contribution < 1.29 is 24.5 Å². The average Bonchev–Trinajstić information content (AvgIpc) is 2.14. The Balaban J connectivity index is 3.70. The number of methoxy groups -OCH3 is 1. The summed E-state index contributed by atoms with van der Waals surface area (Å²) in [4.78, 5) is 12.3. The lowest BCUT2D eigenvalue weighted by molar-refractivity contribution is 0.0345. The number of rotatable bonds is 6. The summed E-state index contributed by atoms with van der Waals surface area (Å²) in [6, 6.07) is 0.